The van der Waals surface area contributed by atoms with Crippen LogP contribution in [0.25, 0.3) is 0 Å². The van der Waals surface area contributed by atoms with Crippen molar-refractivity contribution in [1.82, 2.24) is 20.3 Å². The molecule has 0 aliphatic carbocycles. The van der Waals surface area contributed by atoms with Gasteiger partial charge in [-0.3, -0.25) is 4.68 Å². The summed E-state index contributed by atoms with van der Waals surface area (Å²) < 4.78 is 6.65. The molecule has 0 aliphatic heterocycles. The van der Waals surface area contributed by atoms with Gasteiger partial charge in [-0.2, -0.15) is 0 Å². The first-order valence-electron chi connectivity index (χ1n) is 5.53. The van der Waals surface area contributed by atoms with Crippen LogP contribution in [0.3, 0.4) is 0 Å². The summed E-state index contributed by atoms with van der Waals surface area (Å²) in [5.74, 6) is 0. The first-order chi connectivity index (χ1) is 7.83. The Hall–Kier alpha value is -1.20. The molecular weight excluding hydrogens is 204 g/mol. The molecule has 0 bridgehead atoms. The van der Waals surface area contributed by atoms with E-state index in [2.05, 4.69) is 27.8 Å². The van der Waals surface area contributed by atoms with Gasteiger partial charge in [-0.1, -0.05) is 17.4 Å². The van der Waals surface area contributed by atoms with Crippen molar-refractivity contribution in [3.05, 3.63) is 24.0 Å². The summed E-state index contributed by atoms with van der Waals surface area (Å²) in [4.78, 5) is 0. The van der Waals surface area contributed by atoms with E-state index in [4.69, 9.17) is 4.74 Å². The van der Waals surface area contributed by atoms with E-state index in [-0.39, 0.29) is 0 Å². The van der Waals surface area contributed by atoms with Gasteiger partial charge in [-0.05, 0) is 13.0 Å². The van der Waals surface area contributed by atoms with Crippen molar-refractivity contribution in [3.63, 3.8) is 0 Å². The standard InChI is InChI=1S/C11H20N4O/c1-15-10-11(13-14-15)6-4-3-5-7-12-8-9-16-2/h3-4,10,12H,5-9H2,1-2H3/b4-3+. The van der Waals surface area contributed by atoms with E-state index >= 15 is 0 Å². The van der Waals surface area contributed by atoms with Crippen molar-refractivity contribution < 1.29 is 4.74 Å². The average Bonchev–Trinajstić information content (AvgIpc) is 2.68. The van der Waals surface area contributed by atoms with Crippen LogP contribution >= 0.6 is 0 Å². The minimum atomic E-state index is 0.767. The van der Waals surface area contributed by atoms with E-state index in [1.807, 2.05) is 13.2 Å². The minimum Gasteiger partial charge on any atom is -0.383 e. The quantitative estimate of drug-likeness (QED) is 0.517. The Balaban J connectivity index is 2.00. The highest BCUT2D eigenvalue weighted by Crippen LogP contribution is 1.94. The number of hydrogen-bond acceptors (Lipinski definition) is 4. The molecule has 1 aromatic rings. The second-order valence-electron chi connectivity index (χ2n) is 3.59. The molecule has 0 unspecified atom stereocenters. The van der Waals surface area contributed by atoms with Crippen LogP contribution in [0, 0.1) is 0 Å². The Kier molecular flexibility index (Phi) is 6.44. The molecule has 0 fully saturated rings. The number of aromatic nitrogens is 3. The van der Waals surface area contributed by atoms with Crippen LogP contribution in [0.5, 0.6) is 0 Å². The molecule has 0 aliphatic rings. The molecule has 0 saturated heterocycles. The molecule has 1 rings (SSSR count). The van der Waals surface area contributed by atoms with E-state index in [0.717, 1.165) is 38.2 Å². The lowest BCUT2D eigenvalue weighted by Gasteiger charge is -2.00. The molecule has 1 N–H and O–H groups in total. The van der Waals surface area contributed by atoms with E-state index in [9.17, 15) is 0 Å². The number of ether oxygens (including phenoxy) is 1. The smallest absolute Gasteiger partial charge is 0.0864 e. The van der Waals surface area contributed by atoms with Gasteiger partial charge in [0.25, 0.3) is 0 Å². The first-order valence-corrected chi connectivity index (χ1v) is 5.53. The number of methoxy groups -OCH3 is 1. The Morgan fingerprint density at radius 3 is 3.00 bits per heavy atom. The van der Waals surface area contributed by atoms with Gasteiger partial charge in [0, 0.05) is 33.3 Å². The van der Waals surface area contributed by atoms with Crippen LogP contribution in [0.15, 0.2) is 18.3 Å². The van der Waals surface area contributed by atoms with Crippen molar-refractivity contribution in [2.75, 3.05) is 26.8 Å². The summed E-state index contributed by atoms with van der Waals surface area (Å²) in [7, 11) is 3.59. The van der Waals surface area contributed by atoms with E-state index in [1.54, 1.807) is 11.8 Å². The topological polar surface area (TPSA) is 52.0 Å². The van der Waals surface area contributed by atoms with Gasteiger partial charge < -0.3 is 10.1 Å². The van der Waals surface area contributed by atoms with Crippen LogP contribution < -0.4 is 5.32 Å². The zero-order valence-corrected chi connectivity index (χ0v) is 10.0. The lowest BCUT2D eigenvalue weighted by molar-refractivity contribution is 0.199. The summed E-state index contributed by atoms with van der Waals surface area (Å²) in [6.45, 7) is 2.66. The van der Waals surface area contributed by atoms with Crippen LogP contribution in [-0.2, 0) is 18.2 Å². The second kappa shape index (κ2) is 8.01. The van der Waals surface area contributed by atoms with E-state index in [0.29, 0.717) is 0 Å². The maximum absolute atomic E-state index is 4.93. The van der Waals surface area contributed by atoms with Gasteiger partial charge in [-0.15, -0.1) is 5.10 Å². The van der Waals surface area contributed by atoms with Crippen LogP contribution in [0.1, 0.15) is 12.1 Å². The van der Waals surface area contributed by atoms with Gasteiger partial charge in [0.15, 0.2) is 0 Å². The fourth-order valence-corrected chi connectivity index (χ4v) is 1.30. The third kappa shape index (κ3) is 5.63. The molecule has 0 radical (unpaired) electrons. The molecule has 90 valence electrons. The van der Waals surface area contributed by atoms with Gasteiger partial charge in [0.1, 0.15) is 0 Å². The molecular formula is C11H20N4O. The third-order valence-corrected chi connectivity index (χ3v) is 2.11. The molecule has 1 aromatic heterocycles. The molecule has 5 heteroatoms. The number of rotatable bonds is 8. The van der Waals surface area contributed by atoms with Gasteiger partial charge in [0.2, 0.25) is 0 Å². The summed E-state index contributed by atoms with van der Waals surface area (Å²) in [5.41, 5.74) is 1.01. The molecule has 16 heavy (non-hydrogen) atoms. The molecule has 0 saturated carbocycles. The van der Waals surface area contributed by atoms with Crippen molar-refractivity contribution in [2.24, 2.45) is 7.05 Å². The monoisotopic (exact) mass is 224 g/mol. The summed E-state index contributed by atoms with van der Waals surface area (Å²) >= 11 is 0. The van der Waals surface area contributed by atoms with Crippen LogP contribution in [0.4, 0.5) is 0 Å². The number of nitrogens with zero attached hydrogens (tertiary/aromatic N) is 3. The van der Waals surface area contributed by atoms with E-state index in [1.165, 1.54) is 0 Å². The molecule has 0 atom stereocenters. The Morgan fingerprint density at radius 2 is 2.31 bits per heavy atom. The van der Waals surface area contributed by atoms with Gasteiger partial charge in [-0.25, -0.2) is 0 Å². The number of aryl methyl sites for hydroxylation is 1. The average molecular weight is 224 g/mol. The fourth-order valence-electron chi connectivity index (χ4n) is 1.30. The molecule has 0 aromatic carbocycles. The lowest BCUT2D eigenvalue weighted by atomic mass is 10.3. The largest absolute Gasteiger partial charge is 0.383 e. The summed E-state index contributed by atoms with van der Waals surface area (Å²) in [6.07, 6.45) is 8.10. The lowest BCUT2D eigenvalue weighted by Crippen LogP contribution is -2.19. The van der Waals surface area contributed by atoms with Crippen molar-refractivity contribution in [2.45, 2.75) is 12.8 Å². The van der Waals surface area contributed by atoms with Crippen molar-refractivity contribution >= 4 is 0 Å². The summed E-state index contributed by atoms with van der Waals surface area (Å²) in [6, 6.07) is 0. The zero-order chi connectivity index (χ0) is 11.6. The maximum atomic E-state index is 4.93. The fraction of sp³-hybridized carbons (Fsp3) is 0.636. The number of nitrogens with one attached hydrogen (secondary N) is 1. The molecule has 1 heterocycles. The van der Waals surface area contributed by atoms with Gasteiger partial charge >= 0.3 is 0 Å². The maximum Gasteiger partial charge on any atom is 0.0864 e. The van der Waals surface area contributed by atoms with Crippen molar-refractivity contribution in [3.8, 4) is 0 Å². The predicted molar refractivity (Wildman–Crippen MR) is 63.2 cm³/mol. The normalized spacial score (nSPS) is 11.4. The Bertz CT molecular complexity index is 309. The first kappa shape index (κ1) is 12.9. The molecule has 0 amide bonds. The highest BCUT2D eigenvalue weighted by Gasteiger charge is 1.93. The number of hydrogen-bond donors (Lipinski definition) is 1. The Labute approximate surface area is 96.5 Å². The zero-order valence-electron chi connectivity index (χ0n) is 10.0. The number of allylic oxidation sites excluding steroid dienone is 1. The van der Waals surface area contributed by atoms with Crippen LogP contribution in [0.2, 0.25) is 0 Å². The predicted octanol–water partition coefficient (Wildman–Crippen LogP) is 0.540. The highest BCUT2D eigenvalue weighted by atomic mass is 16.5. The molecule has 5 nitrogen and oxygen atoms in total. The minimum absolute atomic E-state index is 0.767. The van der Waals surface area contributed by atoms with Gasteiger partial charge in [0.05, 0.1) is 12.3 Å². The second-order valence-corrected chi connectivity index (χ2v) is 3.59. The Morgan fingerprint density at radius 1 is 1.44 bits per heavy atom. The van der Waals surface area contributed by atoms with Crippen LogP contribution in [-0.4, -0.2) is 41.8 Å². The molecule has 0 spiro atoms. The third-order valence-electron chi connectivity index (χ3n) is 2.11. The van der Waals surface area contributed by atoms with E-state index < -0.39 is 0 Å². The SMILES string of the molecule is COCCNCC/C=C/Cc1cn(C)nn1. The van der Waals surface area contributed by atoms with Crippen molar-refractivity contribution in [1.29, 1.82) is 0 Å². The summed E-state index contributed by atoms with van der Waals surface area (Å²) in [5, 5.41) is 11.2. The highest BCUT2D eigenvalue weighted by molar-refractivity contribution is 5.00.